The van der Waals surface area contributed by atoms with Crippen molar-refractivity contribution in [2.45, 2.75) is 6.54 Å². The second-order valence-corrected chi connectivity index (χ2v) is 8.76. The summed E-state index contributed by atoms with van der Waals surface area (Å²) in [6.07, 6.45) is 1.19. The van der Waals surface area contributed by atoms with Gasteiger partial charge in [0.15, 0.2) is 0 Å². The van der Waals surface area contributed by atoms with E-state index in [4.69, 9.17) is 23.2 Å². The maximum absolute atomic E-state index is 12.3. The van der Waals surface area contributed by atoms with Crippen LogP contribution in [0.1, 0.15) is 5.56 Å². The van der Waals surface area contributed by atoms with Crippen LogP contribution in [0.15, 0.2) is 18.2 Å². The molecule has 0 aromatic heterocycles. The minimum atomic E-state index is -3.18. The van der Waals surface area contributed by atoms with E-state index in [1.165, 1.54) is 10.6 Å². The lowest BCUT2D eigenvalue weighted by atomic mass is 10.2. The zero-order chi connectivity index (χ0) is 17.9. The smallest absolute Gasteiger partial charge is 0.236 e. The number of halogens is 2. The lowest BCUT2D eigenvalue weighted by Crippen LogP contribution is -2.52. The molecule has 0 saturated carbocycles. The second-order valence-electron chi connectivity index (χ2n) is 5.96. The van der Waals surface area contributed by atoms with Crippen molar-refractivity contribution in [2.75, 3.05) is 46.0 Å². The fourth-order valence-electron chi connectivity index (χ4n) is 2.61. The Hall–Kier alpha value is -0.860. The summed E-state index contributed by atoms with van der Waals surface area (Å²) in [5.41, 5.74) is 0.974. The van der Waals surface area contributed by atoms with Gasteiger partial charge in [0.25, 0.3) is 0 Å². The van der Waals surface area contributed by atoms with Gasteiger partial charge in [-0.25, -0.2) is 8.42 Å². The van der Waals surface area contributed by atoms with Crippen molar-refractivity contribution in [1.82, 2.24) is 14.1 Å². The first kappa shape index (κ1) is 19.5. The van der Waals surface area contributed by atoms with Gasteiger partial charge >= 0.3 is 0 Å². The summed E-state index contributed by atoms with van der Waals surface area (Å²) in [4.78, 5) is 15.9. The van der Waals surface area contributed by atoms with Crippen LogP contribution in [-0.4, -0.2) is 74.5 Å². The number of rotatable bonds is 5. The summed E-state index contributed by atoms with van der Waals surface area (Å²) >= 11 is 11.9. The molecule has 1 amide bonds. The fraction of sp³-hybridized carbons (Fsp3) is 0.533. The Labute approximate surface area is 153 Å². The van der Waals surface area contributed by atoms with Crippen LogP contribution < -0.4 is 0 Å². The maximum Gasteiger partial charge on any atom is 0.236 e. The van der Waals surface area contributed by atoms with Gasteiger partial charge in [0.2, 0.25) is 15.9 Å². The van der Waals surface area contributed by atoms with Crippen LogP contribution in [0, 0.1) is 0 Å². The number of hydrogen-bond donors (Lipinski definition) is 0. The summed E-state index contributed by atoms with van der Waals surface area (Å²) < 4.78 is 24.4. The highest BCUT2D eigenvalue weighted by molar-refractivity contribution is 7.88. The number of likely N-dealkylation sites (N-methyl/N-ethyl adjacent to an activating group) is 1. The third-order valence-corrected chi connectivity index (χ3v) is 5.94. The van der Waals surface area contributed by atoms with Crippen molar-refractivity contribution in [1.29, 1.82) is 0 Å². The molecular weight excluding hydrogens is 373 g/mol. The average Bonchev–Trinajstić information content (AvgIpc) is 2.50. The van der Waals surface area contributed by atoms with E-state index in [9.17, 15) is 13.2 Å². The highest BCUT2D eigenvalue weighted by Crippen LogP contribution is 2.23. The molecule has 0 radical (unpaired) electrons. The van der Waals surface area contributed by atoms with Crippen molar-refractivity contribution in [3.63, 3.8) is 0 Å². The minimum absolute atomic E-state index is 0.00860. The van der Waals surface area contributed by atoms with E-state index in [2.05, 4.69) is 0 Å². The zero-order valence-corrected chi connectivity index (χ0v) is 16.0. The molecule has 1 fully saturated rings. The third kappa shape index (κ3) is 5.32. The molecule has 2 rings (SSSR count). The lowest BCUT2D eigenvalue weighted by Gasteiger charge is -2.34. The van der Waals surface area contributed by atoms with Crippen molar-refractivity contribution < 1.29 is 13.2 Å². The number of hydrogen-bond acceptors (Lipinski definition) is 4. The van der Waals surface area contributed by atoms with Crippen molar-refractivity contribution in [2.24, 2.45) is 0 Å². The molecule has 6 nitrogen and oxygen atoms in total. The SMILES string of the molecule is CN(CC(=O)N1CCN(S(C)(=O)=O)CC1)Cc1ccc(Cl)c(Cl)c1. The van der Waals surface area contributed by atoms with E-state index < -0.39 is 10.0 Å². The standard InChI is InChI=1S/C15H21Cl2N3O3S/c1-18(10-12-3-4-13(16)14(17)9-12)11-15(21)19-5-7-20(8-6-19)24(2,22)23/h3-4,9H,5-8,10-11H2,1-2H3. The summed E-state index contributed by atoms with van der Waals surface area (Å²) in [7, 11) is -1.33. The van der Waals surface area contributed by atoms with Gasteiger partial charge in [0.05, 0.1) is 22.8 Å². The van der Waals surface area contributed by atoms with Crippen LogP contribution in [0.2, 0.25) is 10.0 Å². The Morgan fingerprint density at radius 2 is 1.79 bits per heavy atom. The first-order valence-electron chi connectivity index (χ1n) is 7.52. The van der Waals surface area contributed by atoms with Crippen LogP contribution in [0.25, 0.3) is 0 Å². The number of sulfonamides is 1. The van der Waals surface area contributed by atoms with E-state index in [-0.39, 0.29) is 12.5 Å². The number of nitrogens with zero attached hydrogens (tertiary/aromatic N) is 3. The Balaban J connectivity index is 1.85. The van der Waals surface area contributed by atoms with E-state index in [1.807, 2.05) is 18.0 Å². The summed E-state index contributed by atoms with van der Waals surface area (Å²) in [6, 6.07) is 5.40. The molecule has 24 heavy (non-hydrogen) atoms. The largest absolute Gasteiger partial charge is 0.339 e. The van der Waals surface area contributed by atoms with Crippen LogP contribution in [0.3, 0.4) is 0 Å². The van der Waals surface area contributed by atoms with Gasteiger partial charge in [0.1, 0.15) is 0 Å². The van der Waals surface area contributed by atoms with E-state index >= 15 is 0 Å². The van der Waals surface area contributed by atoms with Crippen molar-refractivity contribution >= 4 is 39.1 Å². The van der Waals surface area contributed by atoms with Gasteiger partial charge in [-0.3, -0.25) is 9.69 Å². The molecular formula is C15H21Cl2N3O3S. The Kier molecular flexibility index (Phi) is 6.50. The molecule has 1 heterocycles. The lowest BCUT2D eigenvalue weighted by molar-refractivity contribution is -0.133. The Bertz CT molecular complexity index is 704. The first-order chi connectivity index (χ1) is 11.2. The van der Waals surface area contributed by atoms with Crippen LogP contribution in [-0.2, 0) is 21.4 Å². The molecule has 1 aliphatic rings. The highest BCUT2D eigenvalue weighted by Gasteiger charge is 2.26. The van der Waals surface area contributed by atoms with Gasteiger partial charge in [-0.2, -0.15) is 4.31 Å². The zero-order valence-electron chi connectivity index (χ0n) is 13.7. The molecule has 0 atom stereocenters. The van der Waals surface area contributed by atoms with Gasteiger partial charge < -0.3 is 4.90 Å². The molecule has 1 aromatic carbocycles. The van der Waals surface area contributed by atoms with Crippen LogP contribution >= 0.6 is 23.2 Å². The first-order valence-corrected chi connectivity index (χ1v) is 10.1. The Morgan fingerprint density at radius 1 is 1.17 bits per heavy atom. The topological polar surface area (TPSA) is 60.9 Å². The molecule has 1 saturated heterocycles. The monoisotopic (exact) mass is 393 g/mol. The number of piperazine rings is 1. The quantitative estimate of drug-likeness (QED) is 0.760. The normalized spacial score (nSPS) is 16.6. The minimum Gasteiger partial charge on any atom is -0.339 e. The van der Waals surface area contributed by atoms with Crippen LogP contribution in [0.5, 0.6) is 0 Å². The van der Waals surface area contributed by atoms with Crippen molar-refractivity contribution in [3.05, 3.63) is 33.8 Å². The molecule has 9 heteroatoms. The van der Waals surface area contributed by atoms with E-state index in [0.717, 1.165) is 5.56 Å². The van der Waals surface area contributed by atoms with Crippen molar-refractivity contribution in [3.8, 4) is 0 Å². The average molecular weight is 394 g/mol. The number of carbonyl (C=O) groups excluding carboxylic acids is 1. The van der Waals surface area contributed by atoms with E-state index in [0.29, 0.717) is 42.8 Å². The summed E-state index contributed by atoms with van der Waals surface area (Å²) in [6.45, 7) is 2.38. The molecule has 0 N–H and O–H groups in total. The molecule has 134 valence electrons. The molecule has 0 unspecified atom stereocenters. The van der Waals surface area contributed by atoms with Gasteiger partial charge in [0, 0.05) is 32.7 Å². The molecule has 0 aliphatic carbocycles. The van der Waals surface area contributed by atoms with Gasteiger partial charge in [-0.05, 0) is 24.7 Å². The summed E-state index contributed by atoms with van der Waals surface area (Å²) in [5, 5.41) is 0.994. The predicted octanol–water partition coefficient (Wildman–Crippen LogP) is 1.53. The third-order valence-electron chi connectivity index (χ3n) is 3.90. The fourth-order valence-corrected chi connectivity index (χ4v) is 3.75. The highest BCUT2D eigenvalue weighted by atomic mass is 35.5. The van der Waals surface area contributed by atoms with Crippen LogP contribution in [0.4, 0.5) is 0 Å². The summed E-state index contributed by atoms with van der Waals surface area (Å²) in [5.74, 6) is -0.00860. The predicted molar refractivity (Wildman–Crippen MR) is 95.8 cm³/mol. The molecule has 0 spiro atoms. The number of carbonyl (C=O) groups is 1. The number of amides is 1. The molecule has 0 bridgehead atoms. The molecule has 1 aromatic rings. The van der Waals surface area contributed by atoms with Gasteiger partial charge in [-0.1, -0.05) is 29.3 Å². The van der Waals surface area contributed by atoms with E-state index in [1.54, 1.807) is 17.0 Å². The second kappa shape index (κ2) is 8.01. The van der Waals surface area contributed by atoms with Gasteiger partial charge in [-0.15, -0.1) is 0 Å². The Morgan fingerprint density at radius 3 is 2.33 bits per heavy atom. The maximum atomic E-state index is 12.3. The number of benzene rings is 1. The molecule has 1 aliphatic heterocycles.